The molecule has 1 aliphatic heterocycles. The van der Waals surface area contributed by atoms with Crippen molar-refractivity contribution in [2.45, 2.75) is 12.6 Å². The van der Waals surface area contributed by atoms with Crippen molar-refractivity contribution in [2.75, 3.05) is 32.8 Å². The zero-order valence-corrected chi connectivity index (χ0v) is 9.16. The highest BCUT2D eigenvalue weighted by molar-refractivity contribution is 5.80. The van der Waals surface area contributed by atoms with Crippen LogP contribution in [0.5, 0.6) is 0 Å². The van der Waals surface area contributed by atoms with E-state index in [-0.39, 0.29) is 12.1 Å². The first-order valence-corrected chi connectivity index (χ1v) is 5.16. The topological polar surface area (TPSA) is 49.8 Å². The number of nitrogens with zero attached hydrogens (tertiary/aromatic N) is 1. The van der Waals surface area contributed by atoms with Crippen LogP contribution in [0.15, 0.2) is 11.6 Å². The van der Waals surface area contributed by atoms with E-state index in [2.05, 4.69) is 0 Å². The van der Waals surface area contributed by atoms with Gasteiger partial charge >= 0.3 is 12.1 Å². The maximum atomic E-state index is 12.2. The van der Waals surface area contributed by atoms with Crippen LogP contribution in [0.2, 0.25) is 0 Å². The lowest BCUT2D eigenvalue weighted by Crippen LogP contribution is -2.38. The summed E-state index contributed by atoms with van der Waals surface area (Å²) in [6.07, 6.45) is -4.92. The van der Waals surface area contributed by atoms with Gasteiger partial charge < -0.3 is 9.84 Å². The molecule has 0 aromatic rings. The van der Waals surface area contributed by atoms with Crippen LogP contribution in [-0.2, 0) is 9.53 Å². The van der Waals surface area contributed by atoms with Gasteiger partial charge in [0.25, 0.3) is 0 Å². The molecule has 0 bridgehead atoms. The molecule has 17 heavy (non-hydrogen) atoms. The Labute approximate surface area is 96.7 Å². The third-order valence-corrected chi connectivity index (χ3v) is 2.29. The van der Waals surface area contributed by atoms with Crippen LogP contribution >= 0.6 is 0 Å². The number of carboxylic acid groups (broad SMARTS) is 1. The average Bonchev–Trinajstić information content (AvgIpc) is 2.15. The first-order chi connectivity index (χ1) is 7.87. The monoisotopic (exact) mass is 253 g/mol. The molecule has 7 heteroatoms. The standard InChI is InChI=1S/C10H14F3NO3/c11-10(12,13)6-8(5-9(15)16)7-14-1-3-17-4-2-14/h5H,1-4,6-7H2,(H,15,16)/b8-5+. The van der Waals surface area contributed by atoms with Crippen LogP contribution in [0.3, 0.4) is 0 Å². The van der Waals surface area contributed by atoms with Crippen LogP contribution in [0.25, 0.3) is 0 Å². The Morgan fingerprint density at radius 1 is 1.35 bits per heavy atom. The molecule has 4 nitrogen and oxygen atoms in total. The number of alkyl halides is 3. The number of morpholine rings is 1. The molecular weight excluding hydrogens is 239 g/mol. The Morgan fingerprint density at radius 3 is 2.41 bits per heavy atom. The average molecular weight is 253 g/mol. The molecule has 0 amide bonds. The summed E-state index contributed by atoms with van der Waals surface area (Å²) in [5, 5.41) is 8.52. The number of hydrogen-bond donors (Lipinski definition) is 1. The van der Waals surface area contributed by atoms with Crippen molar-refractivity contribution >= 4 is 5.97 Å². The van der Waals surface area contributed by atoms with Gasteiger partial charge in [-0.1, -0.05) is 0 Å². The van der Waals surface area contributed by atoms with E-state index in [1.165, 1.54) is 0 Å². The summed E-state index contributed by atoms with van der Waals surface area (Å²) in [6, 6.07) is 0. The second-order valence-corrected chi connectivity index (χ2v) is 3.82. The fourth-order valence-corrected chi connectivity index (χ4v) is 1.63. The van der Waals surface area contributed by atoms with Crippen molar-refractivity contribution in [2.24, 2.45) is 0 Å². The Bertz CT molecular complexity index is 296. The summed E-state index contributed by atoms with van der Waals surface area (Å²) in [7, 11) is 0. The van der Waals surface area contributed by atoms with E-state index in [1.54, 1.807) is 4.90 Å². The molecule has 0 atom stereocenters. The van der Waals surface area contributed by atoms with Crippen LogP contribution in [0.1, 0.15) is 6.42 Å². The second-order valence-electron chi connectivity index (χ2n) is 3.82. The highest BCUT2D eigenvalue weighted by Gasteiger charge is 2.30. The quantitative estimate of drug-likeness (QED) is 0.767. The van der Waals surface area contributed by atoms with E-state index in [0.29, 0.717) is 32.4 Å². The van der Waals surface area contributed by atoms with E-state index >= 15 is 0 Å². The van der Waals surface area contributed by atoms with Gasteiger partial charge in [-0.05, 0) is 5.57 Å². The molecule has 98 valence electrons. The van der Waals surface area contributed by atoms with Crippen LogP contribution < -0.4 is 0 Å². The largest absolute Gasteiger partial charge is 0.478 e. The molecule has 0 saturated carbocycles. The summed E-state index contributed by atoms with van der Waals surface area (Å²) >= 11 is 0. The second kappa shape index (κ2) is 6.02. The Kier molecular flexibility index (Phi) is 4.95. The molecule has 0 aliphatic carbocycles. The summed E-state index contributed by atoms with van der Waals surface area (Å²) in [5.41, 5.74) is -0.132. The van der Waals surface area contributed by atoms with Crippen LogP contribution in [0.4, 0.5) is 13.2 Å². The van der Waals surface area contributed by atoms with Gasteiger partial charge in [0.15, 0.2) is 0 Å². The summed E-state index contributed by atoms with van der Waals surface area (Å²) in [5.74, 6) is -1.35. The molecule has 1 heterocycles. The summed E-state index contributed by atoms with van der Waals surface area (Å²) in [4.78, 5) is 12.2. The van der Waals surface area contributed by atoms with Gasteiger partial charge in [0.05, 0.1) is 19.6 Å². The van der Waals surface area contributed by atoms with Gasteiger partial charge in [-0.2, -0.15) is 13.2 Å². The Morgan fingerprint density at radius 2 is 1.94 bits per heavy atom. The fraction of sp³-hybridized carbons (Fsp3) is 0.700. The highest BCUT2D eigenvalue weighted by atomic mass is 19.4. The molecular formula is C10H14F3NO3. The maximum absolute atomic E-state index is 12.2. The van der Waals surface area contributed by atoms with Crippen molar-refractivity contribution in [3.05, 3.63) is 11.6 Å². The van der Waals surface area contributed by atoms with Gasteiger partial charge in [-0.25, -0.2) is 4.79 Å². The number of aliphatic carboxylic acids is 1. The Hall–Kier alpha value is -1.08. The van der Waals surface area contributed by atoms with Crippen molar-refractivity contribution in [3.63, 3.8) is 0 Å². The molecule has 1 N–H and O–H groups in total. The molecule has 0 aromatic carbocycles. The summed E-state index contributed by atoms with van der Waals surface area (Å²) in [6.45, 7) is 2.00. The zero-order valence-electron chi connectivity index (χ0n) is 9.16. The number of halogens is 3. The normalized spacial score (nSPS) is 19.4. The maximum Gasteiger partial charge on any atom is 0.392 e. The summed E-state index contributed by atoms with van der Waals surface area (Å²) < 4.78 is 41.8. The van der Waals surface area contributed by atoms with E-state index in [1.807, 2.05) is 0 Å². The van der Waals surface area contributed by atoms with Gasteiger partial charge in [0, 0.05) is 25.7 Å². The third kappa shape index (κ3) is 6.28. The highest BCUT2D eigenvalue weighted by Crippen LogP contribution is 2.25. The van der Waals surface area contributed by atoms with Gasteiger partial charge in [-0.3, -0.25) is 4.90 Å². The van der Waals surface area contributed by atoms with Gasteiger partial charge in [0.1, 0.15) is 0 Å². The van der Waals surface area contributed by atoms with Gasteiger partial charge in [0.2, 0.25) is 0 Å². The molecule has 0 aromatic heterocycles. The molecule has 0 spiro atoms. The van der Waals surface area contributed by atoms with Gasteiger partial charge in [-0.15, -0.1) is 0 Å². The number of carbonyl (C=O) groups is 1. The molecule has 0 radical (unpaired) electrons. The fourth-order valence-electron chi connectivity index (χ4n) is 1.63. The zero-order chi connectivity index (χ0) is 12.9. The van der Waals surface area contributed by atoms with Crippen LogP contribution in [0, 0.1) is 0 Å². The third-order valence-electron chi connectivity index (χ3n) is 2.29. The van der Waals surface area contributed by atoms with E-state index < -0.39 is 18.6 Å². The van der Waals surface area contributed by atoms with Crippen molar-refractivity contribution in [1.29, 1.82) is 0 Å². The SMILES string of the molecule is O=C(O)/C=C(/CN1CCOCC1)CC(F)(F)F. The lowest BCUT2D eigenvalue weighted by Gasteiger charge is -2.27. The predicted molar refractivity (Wildman–Crippen MR) is 53.6 cm³/mol. The minimum Gasteiger partial charge on any atom is -0.478 e. The molecule has 1 saturated heterocycles. The van der Waals surface area contributed by atoms with Crippen molar-refractivity contribution in [1.82, 2.24) is 4.90 Å². The molecule has 1 aliphatic rings. The predicted octanol–water partition coefficient (Wildman–Crippen LogP) is 1.28. The smallest absolute Gasteiger partial charge is 0.392 e. The number of rotatable bonds is 4. The molecule has 0 unspecified atom stereocenters. The Balaban J connectivity index is 2.60. The lowest BCUT2D eigenvalue weighted by molar-refractivity contribution is -0.132. The molecule has 1 fully saturated rings. The lowest BCUT2D eigenvalue weighted by atomic mass is 10.1. The van der Waals surface area contributed by atoms with E-state index in [4.69, 9.17) is 9.84 Å². The number of ether oxygens (including phenoxy) is 1. The first kappa shape index (κ1) is 14.0. The van der Waals surface area contributed by atoms with Crippen LogP contribution in [-0.4, -0.2) is 55.0 Å². The minimum atomic E-state index is -4.38. The first-order valence-electron chi connectivity index (χ1n) is 5.16. The number of carboxylic acids is 1. The molecule has 1 rings (SSSR count). The van der Waals surface area contributed by atoms with Crippen molar-refractivity contribution in [3.8, 4) is 0 Å². The van der Waals surface area contributed by atoms with E-state index in [9.17, 15) is 18.0 Å². The van der Waals surface area contributed by atoms with E-state index in [0.717, 1.165) is 0 Å². The number of hydrogen-bond acceptors (Lipinski definition) is 3. The van der Waals surface area contributed by atoms with Crippen molar-refractivity contribution < 1.29 is 27.8 Å². The minimum absolute atomic E-state index is 0.0230.